The lowest BCUT2D eigenvalue weighted by atomic mass is 10.1. The highest BCUT2D eigenvalue weighted by Crippen LogP contribution is 2.22. The van der Waals surface area contributed by atoms with Gasteiger partial charge < -0.3 is 15.6 Å². The molecule has 0 aliphatic heterocycles. The number of aliphatic imine (C=N–C) groups is 1. The number of rotatable bonds is 4. The number of benzene rings is 1. The first-order valence-electron chi connectivity index (χ1n) is 8.01. The maximum Gasteiger partial charge on any atom is 0.191 e. The second-order valence-electron chi connectivity index (χ2n) is 6.63. The van der Waals surface area contributed by atoms with Crippen LogP contribution in [-0.2, 0) is 12.8 Å². The molecule has 1 aromatic heterocycles. The Morgan fingerprint density at radius 1 is 1.23 bits per heavy atom. The summed E-state index contributed by atoms with van der Waals surface area (Å²) in [7, 11) is 1.81. The summed E-state index contributed by atoms with van der Waals surface area (Å²) >= 11 is 0. The second kappa shape index (κ2) is 6.86. The number of fused-ring (bicyclic) bond motifs is 1. The van der Waals surface area contributed by atoms with Crippen molar-refractivity contribution in [2.24, 2.45) is 4.99 Å². The molecule has 0 saturated carbocycles. The molecular formula is C18H28N4. The highest BCUT2D eigenvalue weighted by molar-refractivity contribution is 5.86. The van der Waals surface area contributed by atoms with Crippen molar-refractivity contribution in [2.75, 3.05) is 13.6 Å². The van der Waals surface area contributed by atoms with E-state index in [9.17, 15) is 0 Å². The monoisotopic (exact) mass is 300 g/mol. The molecular weight excluding hydrogens is 272 g/mol. The minimum atomic E-state index is 0.0126. The Labute approximate surface area is 133 Å². The fourth-order valence-corrected chi connectivity index (χ4v) is 2.63. The predicted octanol–water partition coefficient (Wildman–Crippen LogP) is 3.24. The molecule has 0 unspecified atom stereocenters. The van der Waals surface area contributed by atoms with Crippen LogP contribution in [0.15, 0.2) is 29.4 Å². The molecule has 0 atom stereocenters. The molecule has 4 nitrogen and oxygen atoms in total. The summed E-state index contributed by atoms with van der Waals surface area (Å²) in [6, 6.07) is 6.53. The number of aromatic nitrogens is 1. The van der Waals surface area contributed by atoms with E-state index in [1.165, 1.54) is 22.0 Å². The summed E-state index contributed by atoms with van der Waals surface area (Å²) in [5.74, 6) is 0.849. The molecule has 2 rings (SSSR count). The van der Waals surface area contributed by atoms with Crippen LogP contribution in [0, 0.1) is 0 Å². The molecule has 3 N–H and O–H groups in total. The van der Waals surface area contributed by atoms with Crippen LogP contribution in [0.3, 0.4) is 0 Å². The number of aromatic amines is 1. The topological polar surface area (TPSA) is 52.2 Å². The minimum absolute atomic E-state index is 0.0126. The van der Waals surface area contributed by atoms with Crippen LogP contribution in [0.1, 0.15) is 38.8 Å². The first-order valence-corrected chi connectivity index (χ1v) is 8.01. The largest absolute Gasteiger partial charge is 0.361 e. The molecule has 1 aromatic carbocycles. The molecule has 0 aliphatic carbocycles. The average Bonchev–Trinajstić information content (AvgIpc) is 2.88. The van der Waals surface area contributed by atoms with Gasteiger partial charge in [-0.15, -0.1) is 0 Å². The highest BCUT2D eigenvalue weighted by Gasteiger charge is 2.12. The van der Waals surface area contributed by atoms with Gasteiger partial charge in [-0.1, -0.05) is 25.1 Å². The zero-order chi connectivity index (χ0) is 16.2. The van der Waals surface area contributed by atoms with E-state index in [0.717, 1.165) is 25.3 Å². The van der Waals surface area contributed by atoms with Crippen molar-refractivity contribution >= 4 is 16.9 Å². The third kappa shape index (κ3) is 4.03. The second-order valence-corrected chi connectivity index (χ2v) is 6.63. The van der Waals surface area contributed by atoms with Gasteiger partial charge in [-0.25, -0.2) is 0 Å². The number of hydrogen-bond acceptors (Lipinski definition) is 1. The van der Waals surface area contributed by atoms with Crippen LogP contribution in [0.4, 0.5) is 0 Å². The molecule has 2 aromatic rings. The molecule has 120 valence electrons. The van der Waals surface area contributed by atoms with Crippen LogP contribution in [0.2, 0.25) is 0 Å². The van der Waals surface area contributed by atoms with Gasteiger partial charge >= 0.3 is 0 Å². The summed E-state index contributed by atoms with van der Waals surface area (Å²) in [5.41, 5.74) is 4.02. The Kier molecular flexibility index (Phi) is 5.11. The normalized spacial score (nSPS) is 12.7. The first kappa shape index (κ1) is 16.4. The van der Waals surface area contributed by atoms with E-state index in [0.29, 0.717) is 0 Å². The Hall–Kier alpha value is -1.97. The quantitative estimate of drug-likeness (QED) is 0.600. The van der Waals surface area contributed by atoms with Crippen molar-refractivity contribution in [2.45, 2.75) is 46.1 Å². The lowest BCUT2D eigenvalue weighted by molar-refractivity contribution is 0.501. The summed E-state index contributed by atoms with van der Waals surface area (Å²) < 4.78 is 0. The maximum absolute atomic E-state index is 4.27. The molecule has 22 heavy (non-hydrogen) atoms. The molecule has 4 heteroatoms. The van der Waals surface area contributed by atoms with Crippen LogP contribution < -0.4 is 10.6 Å². The lowest BCUT2D eigenvalue weighted by Crippen LogP contribution is -2.48. The van der Waals surface area contributed by atoms with Crippen LogP contribution in [-0.4, -0.2) is 30.1 Å². The smallest absolute Gasteiger partial charge is 0.191 e. The zero-order valence-electron chi connectivity index (χ0n) is 14.4. The van der Waals surface area contributed by atoms with E-state index in [1.54, 1.807) is 7.05 Å². The van der Waals surface area contributed by atoms with Gasteiger partial charge in [0, 0.05) is 36.2 Å². The molecule has 0 spiro atoms. The number of aryl methyl sites for hydroxylation is 1. The summed E-state index contributed by atoms with van der Waals surface area (Å²) in [4.78, 5) is 7.69. The molecule has 0 aliphatic rings. The predicted molar refractivity (Wildman–Crippen MR) is 95.6 cm³/mol. The van der Waals surface area contributed by atoms with Crippen LogP contribution >= 0.6 is 0 Å². The van der Waals surface area contributed by atoms with Crippen molar-refractivity contribution in [1.82, 2.24) is 15.6 Å². The molecule has 0 bridgehead atoms. The van der Waals surface area contributed by atoms with Crippen molar-refractivity contribution in [1.29, 1.82) is 0 Å². The Balaban J connectivity index is 2.01. The van der Waals surface area contributed by atoms with Crippen molar-refractivity contribution in [3.05, 3.63) is 35.5 Å². The third-order valence-electron chi connectivity index (χ3n) is 3.67. The van der Waals surface area contributed by atoms with Crippen molar-refractivity contribution in [3.8, 4) is 0 Å². The minimum Gasteiger partial charge on any atom is -0.361 e. The van der Waals surface area contributed by atoms with E-state index in [4.69, 9.17) is 0 Å². The average molecular weight is 300 g/mol. The van der Waals surface area contributed by atoms with Gasteiger partial charge in [0.1, 0.15) is 0 Å². The van der Waals surface area contributed by atoms with Crippen molar-refractivity contribution in [3.63, 3.8) is 0 Å². The van der Waals surface area contributed by atoms with Gasteiger partial charge in [0.05, 0.1) is 0 Å². The van der Waals surface area contributed by atoms with Gasteiger partial charge in [-0.3, -0.25) is 4.99 Å². The van der Waals surface area contributed by atoms with Crippen molar-refractivity contribution < 1.29 is 0 Å². The first-order chi connectivity index (χ1) is 10.4. The fourth-order valence-electron chi connectivity index (χ4n) is 2.63. The molecule has 0 saturated heterocycles. The third-order valence-corrected chi connectivity index (χ3v) is 3.67. The van der Waals surface area contributed by atoms with E-state index in [1.807, 2.05) is 0 Å². The summed E-state index contributed by atoms with van der Waals surface area (Å²) in [5, 5.41) is 8.09. The SMILES string of the molecule is CCc1cccc2c(CCNC(=NC)NC(C)(C)C)c[nH]c12. The Morgan fingerprint density at radius 2 is 2.00 bits per heavy atom. The summed E-state index contributed by atoms with van der Waals surface area (Å²) in [6.07, 6.45) is 4.15. The van der Waals surface area contributed by atoms with E-state index >= 15 is 0 Å². The van der Waals surface area contributed by atoms with Crippen LogP contribution in [0.5, 0.6) is 0 Å². The number of nitrogens with one attached hydrogen (secondary N) is 3. The van der Waals surface area contributed by atoms with Gasteiger partial charge in [0.25, 0.3) is 0 Å². The molecule has 0 radical (unpaired) electrons. The van der Waals surface area contributed by atoms with Gasteiger partial charge in [0.15, 0.2) is 5.96 Å². The Bertz CT molecular complexity index is 647. The fraction of sp³-hybridized carbons (Fsp3) is 0.500. The van der Waals surface area contributed by atoms with Crippen LogP contribution in [0.25, 0.3) is 10.9 Å². The Morgan fingerprint density at radius 3 is 2.64 bits per heavy atom. The number of hydrogen-bond donors (Lipinski definition) is 3. The highest BCUT2D eigenvalue weighted by atomic mass is 15.2. The van der Waals surface area contributed by atoms with Gasteiger partial charge in [-0.2, -0.15) is 0 Å². The maximum atomic E-state index is 4.27. The molecule has 0 fully saturated rings. The zero-order valence-corrected chi connectivity index (χ0v) is 14.4. The molecule has 1 heterocycles. The van der Waals surface area contributed by atoms with E-state index in [-0.39, 0.29) is 5.54 Å². The number of H-pyrrole nitrogens is 1. The van der Waals surface area contributed by atoms with Gasteiger partial charge in [-0.05, 0) is 44.7 Å². The van der Waals surface area contributed by atoms with E-state index < -0.39 is 0 Å². The van der Waals surface area contributed by atoms with E-state index in [2.05, 4.69) is 72.7 Å². The summed E-state index contributed by atoms with van der Waals surface area (Å²) in [6.45, 7) is 9.45. The lowest BCUT2D eigenvalue weighted by Gasteiger charge is -2.23. The number of guanidine groups is 1. The standard InChI is InChI=1S/C18H28N4/c1-6-13-8-7-9-15-14(12-21-16(13)15)10-11-20-17(19-5)22-18(2,3)4/h7-9,12,21H,6,10-11H2,1-5H3,(H2,19,20,22). The van der Waals surface area contributed by atoms with Gasteiger partial charge in [0.2, 0.25) is 0 Å². The number of nitrogens with zero attached hydrogens (tertiary/aromatic N) is 1. The molecule has 0 amide bonds. The number of para-hydroxylation sites is 1.